The predicted octanol–water partition coefficient (Wildman–Crippen LogP) is 2.66. The Morgan fingerprint density at radius 3 is 2.86 bits per heavy atom. The van der Waals surface area contributed by atoms with E-state index in [-0.39, 0.29) is 17.9 Å². The van der Waals surface area contributed by atoms with E-state index in [0.29, 0.717) is 17.9 Å². The minimum Gasteiger partial charge on any atom is -0.391 e. The maximum atomic E-state index is 13.4. The number of thioether (sulfide) groups is 1. The maximum absolute atomic E-state index is 13.4. The molecule has 1 aromatic carbocycles. The Hall–Kier alpha value is -1.27. The molecule has 3 N–H and O–H groups in total. The highest BCUT2D eigenvalue weighted by molar-refractivity contribution is 7.98. The average molecular weight is 326 g/mol. The number of hydrogen-bond acceptors (Lipinski definition) is 3. The molecule has 2 atom stereocenters. The first kappa shape index (κ1) is 17.1. The van der Waals surface area contributed by atoms with Crippen LogP contribution in [0.4, 0.5) is 9.18 Å². The van der Waals surface area contributed by atoms with Crippen LogP contribution in [0.1, 0.15) is 31.2 Å². The summed E-state index contributed by atoms with van der Waals surface area (Å²) in [7, 11) is 0. The molecule has 1 aromatic rings. The molecule has 1 aliphatic rings. The van der Waals surface area contributed by atoms with Gasteiger partial charge in [0.1, 0.15) is 5.82 Å². The number of hydrogen-bond donors (Lipinski definition) is 3. The summed E-state index contributed by atoms with van der Waals surface area (Å²) in [6.07, 6.45) is 3.21. The summed E-state index contributed by atoms with van der Waals surface area (Å²) in [5.74, 6) is 1.12. The van der Waals surface area contributed by atoms with E-state index in [1.54, 1.807) is 23.9 Å². The SMILES string of the molecule is O=C(NCCSCc1ccccc1F)NC1CCCCC1O. The Bertz CT molecular complexity index is 487. The van der Waals surface area contributed by atoms with Gasteiger partial charge in [-0.05, 0) is 24.5 Å². The molecule has 0 heterocycles. The molecule has 0 spiro atoms. The molecule has 2 rings (SSSR count). The highest BCUT2D eigenvalue weighted by Crippen LogP contribution is 2.18. The van der Waals surface area contributed by atoms with Gasteiger partial charge in [0.25, 0.3) is 0 Å². The Kier molecular flexibility index (Phi) is 6.99. The first-order chi connectivity index (χ1) is 10.7. The fourth-order valence-corrected chi connectivity index (χ4v) is 3.38. The fraction of sp³-hybridized carbons (Fsp3) is 0.562. The van der Waals surface area contributed by atoms with Crippen molar-refractivity contribution >= 4 is 17.8 Å². The van der Waals surface area contributed by atoms with E-state index >= 15 is 0 Å². The first-order valence-corrected chi connectivity index (χ1v) is 8.86. The zero-order valence-corrected chi connectivity index (χ0v) is 13.4. The highest BCUT2D eigenvalue weighted by Gasteiger charge is 2.24. The second-order valence-electron chi connectivity index (χ2n) is 5.50. The van der Waals surface area contributed by atoms with Crippen LogP contribution in [0.3, 0.4) is 0 Å². The quantitative estimate of drug-likeness (QED) is 0.704. The molecule has 1 aliphatic carbocycles. The molecule has 22 heavy (non-hydrogen) atoms. The molecule has 0 aromatic heterocycles. The van der Waals surface area contributed by atoms with Gasteiger partial charge in [-0.2, -0.15) is 11.8 Å². The second-order valence-corrected chi connectivity index (χ2v) is 6.61. The van der Waals surface area contributed by atoms with E-state index in [1.807, 2.05) is 6.07 Å². The Labute approximate surface area is 134 Å². The summed E-state index contributed by atoms with van der Waals surface area (Å²) in [5.41, 5.74) is 0.683. The van der Waals surface area contributed by atoms with Gasteiger partial charge in [-0.3, -0.25) is 0 Å². The molecule has 0 saturated heterocycles. The predicted molar refractivity (Wildman–Crippen MR) is 87.4 cm³/mol. The minimum absolute atomic E-state index is 0.139. The topological polar surface area (TPSA) is 61.4 Å². The molecule has 6 heteroatoms. The average Bonchev–Trinajstić information content (AvgIpc) is 2.51. The number of aliphatic hydroxyl groups excluding tert-OH is 1. The second kappa shape index (κ2) is 9.00. The lowest BCUT2D eigenvalue weighted by Gasteiger charge is -2.28. The number of halogens is 1. The molecule has 4 nitrogen and oxygen atoms in total. The number of carbonyl (C=O) groups excluding carboxylic acids is 1. The number of benzene rings is 1. The van der Waals surface area contributed by atoms with Crippen molar-refractivity contribution < 1.29 is 14.3 Å². The van der Waals surface area contributed by atoms with Gasteiger partial charge in [-0.15, -0.1) is 0 Å². The van der Waals surface area contributed by atoms with Crippen molar-refractivity contribution in [1.29, 1.82) is 0 Å². The van der Waals surface area contributed by atoms with Crippen molar-refractivity contribution in [2.75, 3.05) is 12.3 Å². The third-order valence-corrected chi connectivity index (χ3v) is 4.80. The van der Waals surface area contributed by atoms with Gasteiger partial charge in [-0.25, -0.2) is 9.18 Å². The number of carbonyl (C=O) groups is 1. The largest absolute Gasteiger partial charge is 0.391 e. The van der Waals surface area contributed by atoms with E-state index in [0.717, 1.165) is 31.4 Å². The van der Waals surface area contributed by atoms with Crippen LogP contribution >= 0.6 is 11.8 Å². The monoisotopic (exact) mass is 326 g/mol. The third-order valence-electron chi connectivity index (χ3n) is 3.79. The lowest BCUT2D eigenvalue weighted by Crippen LogP contribution is -2.49. The standard InChI is InChI=1S/C16H23FN2O2S/c17-13-6-2-1-5-12(13)11-22-10-9-18-16(21)19-14-7-3-4-8-15(14)20/h1-2,5-6,14-15,20H,3-4,7-11H2,(H2,18,19,21). The summed E-state index contributed by atoms with van der Waals surface area (Å²) >= 11 is 1.58. The molecular formula is C16H23FN2O2S. The number of aliphatic hydroxyl groups is 1. The number of nitrogens with one attached hydrogen (secondary N) is 2. The summed E-state index contributed by atoms with van der Waals surface area (Å²) in [6.45, 7) is 0.522. The molecule has 2 unspecified atom stereocenters. The van der Waals surface area contributed by atoms with Gasteiger partial charge in [-0.1, -0.05) is 31.0 Å². The van der Waals surface area contributed by atoms with Gasteiger partial charge >= 0.3 is 6.03 Å². The van der Waals surface area contributed by atoms with Crippen LogP contribution < -0.4 is 10.6 Å². The molecule has 0 bridgehead atoms. The Morgan fingerprint density at radius 2 is 2.09 bits per heavy atom. The molecule has 2 amide bonds. The zero-order valence-electron chi connectivity index (χ0n) is 12.6. The number of urea groups is 1. The lowest BCUT2D eigenvalue weighted by molar-refractivity contribution is 0.0944. The molecule has 122 valence electrons. The number of amides is 2. The van der Waals surface area contributed by atoms with Crippen molar-refractivity contribution in [1.82, 2.24) is 10.6 Å². The molecule has 0 aliphatic heterocycles. The van der Waals surface area contributed by atoms with Gasteiger partial charge < -0.3 is 15.7 Å². The van der Waals surface area contributed by atoms with Gasteiger partial charge in [0, 0.05) is 18.1 Å². The van der Waals surface area contributed by atoms with E-state index in [4.69, 9.17) is 0 Å². The van der Waals surface area contributed by atoms with E-state index in [9.17, 15) is 14.3 Å². The third kappa shape index (κ3) is 5.50. The van der Waals surface area contributed by atoms with Crippen molar-refractivity contribution in [2.45, 2.75) is 43.6 Å². The van der Waals surface area contributed by atoms with Gasteiger partial charge in [0.2, 0.25) is 0 Å². The molecular weight excluding hydrogens is 303 g/mol. The summed E-state index contributed by atoms with van der Waals surface area (Å²) in [5, 5.41) is 15.4. The van der Waals surface area contributed by atoms with Gasteiger partial charge in [0.15, 0.2) is 0 Å². The first-order valence-electron chi connectivity index (χ1n) is 7.70. The van der Waals surface area contributed by atoms with Crippen LogP contribution in [0.15, 0.2) is 24.3 Å². The van der Waals surface area contributed by atoms with Crippen LogP contribution in [-0.4, -0.2) is 35.6 Å². The Balaban J connectivity index is 1.58. The summed E-state index contributed by atoms with van der Waals surface area (Å²) in [4.78, 5) is 11.7. The van der Waals surface area contributed by atoms with E-state index in [2.05, 4.69) is 10.6 Å². The van der Waals surface area contributed by atoms with Crippen LogP contribution in [0.5, 0.6) is 0 Å². The highest BCUT2D eigenvalue weighted by atomic mass is 32.2. The Morgan fingerprint density at radius 1 is 1.32 bits per heavy atom. The maximum Gasteiger partial charge on any atom is 0.315 e. The number of rotatable bonds is 6. The normalized spacial score (nSPS) is 21.4. The molecule has 1 fully saturated rings. The van der Waals surface area contributed by atoms with Gasteiger partial charge in [0.05, 0.1) is 12.1 Å². The smallest absolute Gasteiger partial charge is 0.315 e. The molecule has 1 saturated carbocycles. The summed E-state index contributed by atoms with van der Waals surface area (Å²) < 4.78 is 13.4. The fourth-order valence-electron chi connectivity index (χ4n) is 2.53. The lowest BCUT2D eigenvalue weighted by atomic mass is 9.93. The molecule has 0 radical (unpaired) electrons. The van der Waals surface area contributed by atoms with Crippen LogP contribution in [0.2, 0.25) is 0 Å². The van der Waals surface area contributed by atoms with E-state index in [1.165, 1.54) is 6.07 Å². The van der Waals surface area contributed by atoms with E-state index < -0.39 is 6.10 Å². The van der Waals surface area contributed by atoms with Crippen molar-refractivity contribution in [2.24, 2.45) is 0 Å². The van der Waals surface area contributed by atoms with Crippen molar-refractivity contribution in [3.8, 4) is 0 Å². The van der Waals surface area contributed by atoms with Crippen LogP contribution in [-0.2, 0) is 5.75 Å². The van der Waals surface area contributed by atoms with Crippen LogP contribution in [0, 0.1) is 5.82 Å². The van der Waals surface area contributed by atoms with Crippen LogP contribution in [0.25, 0.3) is 0 Å². The summed E-state index contributed by atoms with van der Waals surface area (Å²) in [6, 6.07) is 6.34. The van der Waals surface area contributed by atoms with Crippen molar-refractivity contribution in [3.63, 3.8) is 0 Å². The van der Waals surface area contributed by atoms with Crippen molar-refractivity contribution in [3.05, 3.63) is 35.6 Å². The zero-order chi connectivity index (χ0) is 15.8. The minimum atomic E-state index is -0.435.